The Labute approximate surface area is 68.8 Å². The van der Waals surface area contributed by atoms with E-state index in [4.69, 9.17) is 6.35 Å². The number of hydrogen-bond acceptors (Lipinski definition) is 2. The maximum atomic E-state index is 5.32. The molecule has 0 atom stereocenters. The van der Waals surface area contributed by atoms with Crippen LogP contribution in [-0.2, 0) is 25.7 Å². The molecule has 5 heteroatoms. The molecule has 0 aromatic rings. The molecule has 0 aliphatic heterocycles. The average Bonchev–Trinajstić information content (AvgIpc) is 1.63. The summed E-state index contributed by atoms with van der Waals surface area (Å²) in [6.45, 7) is 8.36. The second-order valence-corrected chi connectivity index (χ2v) is 8.14. The third-order valence-corrected chi connectivity index (χ3v) is 6.83. The topological polar surface area (TPSA) is 18.5 Å². The van der Waals surface area contributed by atoms with E-state index in [2.05, 4.69) is 26.7 Å². The Hall–Kier alpha value is 1.47. The van der Waals surface area contributed by atoms with E-state index in [-0.39, 0.29) is 16.3 Å². The molecule has 0 amide bonds. The Morgan fingerprint density at radius 3 is 1.44 bits per heavy atom. The number of rotatable bonds is 4. The Kier molecular flexibility index (Phi) is 7.21. The van der Waals surface area contributed by atoms with E-state index >= 15 is 0 Å². The van der Waals surface area contributed by atoms with Crippen LogP contribution >= 0.6 is 16.3 Å². The summed E-state index contributed by atoms with van der Waals surface area (Å²) in [5, 5.41) is 0. The van der Waals surface area contributed by atoms with Crippen molar-refractivity contribution >= 4 is 16.3 Å². The van der Waals surface area contributed by atoms with Crippen molar-refractivity contribution < 1.29 is 25.7 Å². The Balaban J connectivity index is 2.91. The monoisotopic (exact) mass is 349 g/mol. The van der Waals surface area contributed by atoms with Gasteiger partial charge in [-0.2, -0.15) is 0 Å². The summed E-state index contributed by atoms with van der Waals surface area (Å²) in [4.78, 5) is 0. The van der Waals surface area contributed by atoms with Crippen molar-refractivity contribution in [2.24, 2.45) is 0 Å². The summed E-state index contributed by atoms with van der Waals surface area (Å²) >= 11 is -0.407. The van der Waals surface area contributed by atoms with Crippen molar-refractivity contribution in [3.63, 3.8) is 0 Å². The predicted octanol–water partition coefficient (Wildman–Crippen LogP) is 2.25. The van der Waals surface area contributed by atoms with Gasteiger partial charge >= 0.3 is 68.6 Å². The van der Waals surface area contributed by atoms with Crippen LogP contribution in [0.15, 0.2) is 0 Å². The Morgan fingerprint density at radius 2 is 1.22 bits per heavy atom. The molecule has 0 aliphatic rings. The van der Waals surface area contributed by atoms with Crippen LogP contribution in [0.2, 0.25) is 0 Å². The van der Waals surface area contributed by atoms with Crippen LogP contribution in [0.25, 0.3) is 0 Å². The van der Waals surface area contributed by atoms with Gasteiger partial charge in [0.15, 0.2) is 0 Å². The van der Waals surface area contributed by atoms with E-state index in [1.165, 1.54) is 0 Å². The minimum absolute atomic E-state index is 0.196. The quantitative estimate of drug-likeness (QED) is 0.725. The van der Waals surface area contributed by atoms with E-state index in [1.807, 2.05) is 0 Å². The van der Waals surface area contributed by atoms with Crippen LogP contribution in [0.3, 0.4) is 0 Å². The third-order valence-electron chi connectivity index (χ3n) is 0.278. The summed E-state index contributed by atoms with van der Waals surface area (Å²) in [5.74, 6) is 0. The van der Waals surface area contributed by atoms with E-state index < -0.39 is 19.3 Å². The van der Waals surface area contributed by atoms with E-state index in [9.17, 15) is 0 Å². The minimum atomic E-state index is -0.407. The molecule has 0 unspecified atom stereocenters. The molecule has 0 spiro atoms. The Bertz CT molecular complexity index is 61.6. The zero-order valence-electron chi connectivity index (χ0n) is 6.03. The molecule has 0 N–H and O–H groups in total. The van der Waals surface area contributed by atoms with Crippen molar-refractivity contribution in [2.75, 3.05) is 26.7 Å². The second kappa shape index (κ2) is 6.20. The van der Waals surface area contributed by atoms with Crippen molar-refractivity contribution in [3.8, 4) is 0 Å². The summed E-state index contributed by atoms with van der Waals surface area (Å²) in [5.41, 5.74) is 0. The standard InChI is InChI=1S/2C2H6OP.Pt/c2*1-4(2)3;/h2*1-2H3;/q2*-1;+2. The molecule has 0 fully saturated rings. The first kappa shape index (κ1) is 10.5. The van der Waals surface area contributed by atoms with Crippen LogP contribution < -0.4 is 0 Å². The van der Waals surface area contributed by atoms with Gasteiger partial charge in [0.25, 0.3) is 0 Å². The normalized spacial score (nSPS) is 11.8. The second-order valence-electron chi connectivity index (χ2n) is 1.79. The van der Waals surface area contributed by atoms with Gasteiger partial charge in [-0.3, -0.25) is 0 Å². The Morgan fingerprint density at radius 1 is 0.889 bits per heavy atom. The SMILES string of the molecule is CP(C)[O][Pt][O]P(C)C. The van der Waals surface area contributed by atoms with E-state index in [1.54, 1.807) is 0 Å². The first-order valence-corrected chi connectivity index (χ1v) is 8.58. The van der Waals surface area contributed by atoms with Gasteiger partial charge in [0.1, 0.15) is 0 Å². The van der Waals surface area contributed by atoms with Gasteiger partial charge < -0.3 is 0 Å². The third kappa shape index (κ3) is 9.47. The average molecular weight is 349 g/mol. The molecule has 0 aliphatic carbocycles. The van der Waals surface area contributed by atoms with Gasteiger partial charge in [0, 0.05) is 0 Å². The molecular weight excluding hydrogens is 337 g/mol. The first-order valence-electron chi connectivity index (χ1n) is 2.41. The van der Waals surface area contributed by atoms with Gasteiger partial charge in [-0.1, -0.05) is 0 Å². The zero-order valence-corrected chi connectivity index (χ0v) is 10.1. The van der Waals surface area contributed by atoms with Gasteiger partial charge in [-0.05, 0) is 0 Å². The van der Waals surface area contributed by atoms with Crippen molar-refractivity contribution in [2.45, 2.75) is 0 Å². The molecule has 0 heterocycles. The van der Waals surface area contributed by atoms with Crippen LogP contribution in [0.4, 0.5) is 0 Å². The van der Waals surface area contributed by atoms with Crippen molar-refractivity contribution in [1.82, 2.24) is 0 Å². The fraction of sp³-hybridized carbons (Fsp3) is 1.00. The molecule has 0 aromatic carbocycles. The summed E-state index contributed by atoms with van der Waals surface area (Å²) in [6, 6.07) is 0. The summed E-state index contributed by atoms with van der Waals surface area (Å²) < 4.78 is 10.6. The number of hydrogen-bond donors (Lipinski definition) is 0. The van der Waals surface area contributed by atoms with E-state index in [0.717, 1.165) is 0 Å². The van der Waals surface area contributed by atoms with Gasteiger partial charge in [0.2, 0.25) is 0 Å². The zero-order chi connectivity index (χ0) is 7.28. The molecule has 0 rings (SSSR count). The van der Waals surface area contributed by atoms with Crippen molar-refractivity contribution in [1.29, 1.82) is 0 Å². The predicted molar refractivity (Wildman–Crippen MR) is 39.7 cm³/mol. The summed E-state index contributed by atoms with van der Waals surface area (Å²) in [6.07, 6.45) is 0. The molecule has 9 heavy (non-hydrogen) atoms. The van der Waals surface area contributed by atoms with Crippen LogP contribution in [-0.4, -0.2) is 26.7 Å². The van der Waals surface area contributed by atoms with Gasteiger partial charge in [-0.25, -0.2) is 0 Å². The molecule has 0 aromatic heterocycles. The van der Waals surface area contributed by atoms with Gasteiger partial charge in [0.05, 0.1) is 0 Å². The van der Waals surface area contributed by atoms with E-state index in [0.29, 0.717) is 0 Å². The van der Waals surface area contributed by atoms with Crippen molar-refractivity contribution in [3.05, 3.63) is 0 Å². The molecule has 2 nitrogen and oxygen atoms in total. The molecule has 60 valence electrons. The fourth-order valence-electron chi connectivity index (χ4n) is 0.105. The fourth-order valence-corrected chi connectivity index (χ4v) is 3.09. The van der Waals surface area contributed by atoms with Crippen LogP contribution in [0.1, 0.15) is 0 Å². The molecule has 0 saturated heterocycles. The van der Waals surface area contributed by atoms with Crippen LogP contribution in [0.5, 0.6) is 0 Å². The molecule has 0 bridgehead atoms. The first-order chi connectivity index (χ1) is 4.13. The van der Waals surface area contributed by atoms with Gasteiger partial charge in [-0.15, -0.1) is 0 Å². The molecule has 0 radical (unpaired) electrons. The molecular formula is C4H12O2P2Pt. The maximum absolute atomic E-state index is 5.32. The van der Waals surface area contributed by atoms with Crippen LogP contribution in [0, 0.1) is 0 Å². The molecule has 0 saturated carbocycles. The summed E-state index contributed by atoms with van der Waals surface area (Å²) in [7, 11) is -0.393.